The first-order valence-electron chi connectivity index (χ1n) is 5.57. The van der Waals surface area contributed by atoms with E-state index >= 15 is 0 Å². The molecule has 0 saturated carbocycles. The van der Waals surface area contributed by atoms with Crippen molar-refractivity contribution < 1.29 is 4.79 Å². The van der Waals surface area contributed by atoms with Crippen LogP contribution in [0, 0.1) is 0 Å². The van der Waals surface area contributed by atoms with Crippen LogP contribution in [-0.4, -0.2) is 32.4 Å². The van der Waals surface area contributed by atoms with Crippen molar-refractivity contribution in [2.45, 2.75) is 13.3 Å². The van der Waals surface area contributed by atoms with Gasteiger partial charge in [-0.05, 0) is 6.42 Å². The van der Waals surface area contributed by atoms with Crippen LogP contribution < -0.4 is 10.6 Å². The van der Waals surface area contributed by atoms with Crippen molar-refractivity contribution in [1.82, 2.24) is 20.0 Å². The number of nitrogens with one attached hydrogen (secondary N) is 2. The predicted octanol–water partition coefficient (Wildman–Crippen LogP) is 1.35. The smallest absolute Gasteiger partial charge is 0.287 e. The Labute approximate surface area is 108 Å². The standard InChI is InChI=1S/C10H14N6OS/c1-3-5-11-10-15-14-9(18-10)8(17)13-7-4-6-12-16(7)2/h4,6H,3,5H2,1-2H3,(H,11,15)(H,13,17). The van der Waals surface area contributed by atoms with Crippen molar-refractivity contribution in [1.29, 1.82) is 0 Å². The number of aryl methyl sites for hydroxylation is 1. The topological polar surface area (TPSA) is 84.7 Å². The van der Waals surface area contributed by atoms with Crippen molar-refractivity contribution >= 4 is 28.2 Å². The van der Waals surface area contributed by atoms with E-state index in [2.05, 4.69) is 32.9 Å². The third-order valence-electron chi connectivity index (χ3n) is 2.21. The molecule has 0 radical (unpaired) electrons. The van der Waals surface area contributed by atoms with Crippen molar-refractivity contribution in [3.8, 4) is 0 Å². The van der Waals surface area contributed by atoms with Gasteiger partial charge in [0.25, 0.3) is 5.91 Å². The van der Waals surface area contributed by atoms with Gasteiger partial charge in [-0.3, -0.25) is 9.48 Å². The first kappa shape index (κ1) is 12.5. The third-order valence-corrected chi connectivity index (χ3v) is 3.09. The third kappa shape index (κ3) is 2.83. The summed E-state index contributed by atoms with van der Waals surface area (Å²) in [4.78, 5) is 11.9. The number of hydrogen-bond donors (Lipinski definition) is 2. The molecule has 2 aromatic heterocycles. The zero-order valence-electron chi connectivity index (χ0n) is 10.2. The molecule has 0 aliphatic heterocycles. The fourth-order valence-corrected chi connectivity index (χ4v) is 1.95. The Morgan fingerprint density at radius 1 is 1.50 bits per heavy atom. The van der Waals surface area contributed by atoms with Gasteiger partial charge >= 0.3 is 0 Å². The van der Waals surface area contributed by atoms with Crippen LogP contribution in [0.2, 0.25) is 0 Å². The average molecular weight is 266 g/mol. The van der Waals surface area contributed by atoms with E-state index in [0.29, 0.717) is 16.0 Å². The van der Waals surface area contributed by atoms with E-state index in [1.807, 2.05) is 0 Å². The highest BCUT2D eigenvalue weighted by atomic mass is 32.1. The Kier molecular flexibility index (Phi) is 3.88. The number of hydrogen-bond acceptors (Lipinski definition) is 6. The molecule has 1 amide bonds. The van der Waals surface area contributed by atoms with E-state index in [4.69, 9.17) is 0 Å². The van der Waals surface area contributed by atoms with Gasteiger partial charge in [0.1, 0.15) is 5.82 Å². The number of carbonyl (C=O) groups is 1. The summed E-state index contributed by atoms with van der Waals surface area (Å²) in [7, 11) is 1.75. The molecule has 0 aliphatic carbocycles. The minimum Gasteiger partial charge on any atom is -0.360 e. The van der Waals surface area contributed by atoms with Gasteiger partial charge in [-0.25, -0.2) is 0 Å². The Morgan fingerprint density at radius 3 is 3.00 bits per heavy atom. The first-order chi connectivity index (χ1) is 8.70. The van der Waals surface area contributed by atoms with Crippen LogP contribution >= 0.6 is 11.3 Å². The fraction of sp³-hybridized carbons (Fsp3) is 0.400. The molecule has 0 spiro atoms. The van der Waals surface area contributed by atoms with Crippen molar-refractivity contribution in [3.05, 3.63) is 17.3 Å². The van der Waals surface area contributed by atoms with E-state index < -0.39 is 0 Å². The van der Waals surface area contributed by atoms with E-state index in [1.54, 1.807) is 24.0 Å². The van der Waals surface area contributed by atoms with Crippen LogP contribution in [0.1, 0.15) is 23.1 Å². The maximum atomic E-state index is 11.9. The summed E-state index contributed by atoms with van der Waals surface area (Å²) < 4.78 is 1.58. The van der Waals surface area contributed by atoms with Gasteiger partial charge in [0, 0.05) is 19.7 Å². The van der Waals surface area contributed by atoms with Gasteiger partial charge in [-0.1, -0.05) is 18.3 Å². The molecule has 2 rings (SSSR count). The summed E-state index contributed by atoms with van der Waals surface area (Å²) in [5.41, 5.74) is 0. The summed E-state index contributed by atoms with van der Waals surface area (Å²) in [5.74, 6) is 0.346. The lowest BCUT2D eigenvalue weighted by Crippen LogP contribution is -2.14. The lowest BCUT2D eigenvalue weighted by atomic mass is 10.5. The summed E-state index contributed by atoms with van der Waals surface area (Å²) in [6, 6.07) is 1.72. The normalized spacial score (nSPS) is 10.3. The summed E-state index contributed by atoms with van der Waals surface area (Å²) in [6.07, 6.45) is 2.61. The van der Waals surface area contributed by atoms with E-state index in [9.17, 15) is 4.79 Å². The quantitative estimate of drug-likeness (QED) is 0.853. The fourth-order valence-electron chi connectivity index (χ4n) is 1.28. The van der Waals surface area contributed by atoms with Crippen LogP contribution in [0.25, 0.3) is 0 Å². The maximum Gasteiger partial charge on any atom is 0.287 e. The number of rotatable bonds is 5. The van der Waals surface area contributed by atoms with E-state index in [-0.39, 0.29) is 5.91 Å². The first-order valence-corrected chi connectivity index (χ1v) is 6.39. The number of anilines is 2. The summed E-state index contributed by atoms with van der Waals surface area (Å²) in [5, 5.41) is 18.5. The van der Waals surface area contributed by atoms with E-state index in [0.717, 1.165) is 13.0 Å². The van der Waals surface area contributed by atoms with Gasteiger partial charge in [-0.15, -0.1) is 10.2 Å². The van der Waals surface area contributed by atoms with Gasteiger partial charge in [0.2, 0.25) is 10.1 Å². The van der Waals surface area contributed by atoms with Crippen molar-refractivity contribution in [3.63, 3.8) is 0 Å². The van der Waals surface area contributed by atoms with Crippen LogP contribution in [0.15, 0.2) is 12.3 Å². The molecule has 2 N–H and O–H groups in total. The van der Waals surface area contributed by atoms with Gasteiger partial charge < -0.3 is 10.6 Å². The molecule has 0 aliphatic rings. The lowest BCUT2D eigenvalue weighted by molar-refractivity contribution is 0.102. The maximum absolute atomic E-state index is 11.9. The van der Waals surface area contributed by atoms with E-state index in [1.165, 1.54) is 11.3 Å². The Morgan fingerprint density at radius 2 is 2.33 bits per heavy atom. The van der Waals surface area contributed by atoms with Crippen LogP contribution in [0.3, 0.4) is 0 Å². The molecule has 0 fully saturated rings. The molecular formula is C10H14N6OS. The van der Waals surface area contributed by atoms with Crippen molar-refractivity contribution in [2.75, 3.05) is 17.2 Å². The highest BCUT2D eigenvalue weighted by molar-refractivity contribution is 7.17. The molecule has 0 atom stereocenters. The molecule has 0 unspecified atom stereocenters. The summed E-state index contributed by atoms with van der Waals surface area (Å²) >= 11 is 1.23. The van der Waals surface area contributed by atoms with Crippen LogP contribution in [-0.2, 0) is 7.05 Å². The average Bonchev–Trinajstić information content (AvgIpc) is 2.97. The largest absolute Gasteiger partial charge is 0.360 e. The highest BCUT2D eigenvalue weighted by Gasteiger charge is 2.13. The molecule has 0 bridgehead atoms. The SMILES string of the molecule is CCCNc1nnc(C(=O)Nc2ccnn2C)s1. The lowest BCUT2D eigenvalue weighted by Gasteiger charge is -2.01. The second-order valence-electron chi connectivity index (χ2n) is 3.63. The van der Waals surface area contributed by atoms with Crippen molar-refractivity contribution in [2.24, 2.45) is 7.05 Å². The van der Waals surface area contributed by atoms with Crippen LogP contribution in [0.5, 0.6) is 0 Å². The number of carbonyl (C=O) groups excluding carboxylic acids is 1. The van der Waals surface area contributed by atoms with Gasteiger partial charge in [0.05, 0.1) is 6.20 Å². The Hall–Kier alpha value is -1.96. The highest BCUT2D eigenvalue weighted by Crippen LogP contribution is 2.16. The Balaban J connectivity index is 2.01. The molecule has 0 saturated heterocycles. The molecule has 0 aromatic carbocycles. The number of amides is 1. The molecule has 2 aromatic rings. The molecule has 2 heterocycles. The molecule has 8 heteroatoms. The number of nitrogens with zero attached hydrogens (tertiary/aromatic N) is 4. The second-order valence-corrected chi connectivity index (χ2v) is 4.61. The summed E-state index contributed by atoms with van der Waals surface area (Å²) in [6.45, 7) is 2.88. The van der Waals surface area contributed by atoms with Gasteiger partial charge in [-0.2, -0.15) is 5.10 Å². The second kappa shape index (κ2) is 5.58. The Bertz CT molecular complexity index is 534. The number of aromatic nitrogens is 4. The minimum absolute atomic E-state index is 0.277. The minimum atomic E-state index is -0.277. The predicted molar refractivity (Wildman–Crippen MR) is 69.9 cm³/mol. The zero-order chi connectivity index (χ0) is 13.0. The molecule has 96 valence electrons. The molecular weight excluding hydrogens is 252 g/mol. The van der Waals surface area contributed by atoms with Gasteiger partial charge in [0.15, 0.2) is 0 Å². The molecule has 7 nitrogen and oxygen atoms in total. The van der Waals surface area contributed by atoms with Crippen LogP contribution in [0.4, 0.5) is 10.9 Å². The zero-order valence-corrected chi connectivity index (χ0v) is 11.0. The molecule has 18 heavy (non-hydrogen) atoms. The monoisotopic (exact) mass is 266 g/mol.